The van der Waals surface area contributed by atoms with Crippen LogP contribution in [0.1, 0.15) is 5.56 Å². The van der Waals surface area contributed by atoms with Gasteiger partial charge in [-0.1, -0.05) is 48.5 Å². The third-order valence-corrected chi connectivity index (χ3v) is 5.47. The van der Waals surface area contributed by atoms with E-state index >= 15 is 0 Å². The van der Waals surface area contributed by atoms with Gasteiger partial charge in [0.25, 0.3) is 0 Å². The molecular formula is C24H25N5O. The molecular weight excluding hydrogens is 374 g/mol. The van der Waals surface area contributed by atoms with Crippen molar-refractivity contribution in [3.05, 3.63) is 72.4 Å². The molecule has 4 aromatic rings. The topological polar surface area (TPSA) is 66.1 Å². The van der Waals surface area contributed by atoms with Gasteiger partial charge in [-0.25, -0.2) is 4.98 Å². The van der Waals surface area contributed by atoms with Crippen molar-refractivity contribution < 1.29 is 4.74 Å². The molecule has 152 valence electrons. The zero-order chi connectivity index (χ0) is 20.2. The normalized spacial score (nSPS) is 14.2. The van der Waals surface area contributed by atoms with Crippen LogP contribution in [0.4, 0.5) is 11.8 Å². The maximum Gasteiger partial charge on any atom is 0.225 e. The largest absolute Gasteiger partial charge is 0.378 e. The number of nitrogens with one attached hydrogen (secondary N) is 2. The van der Waals surface area contributed by atoms with Crippen molar-refractivity contribution in [2.24, 2.45) is 0 Å². The average molecular weight is 399 g/mol. The minimum Gasteiger partial charge on any atom is -0.378 e. The molecule has 6 nitrogen and oxygen atoms in total. The highest BCUT2D eigenvalue weighted by Gasteiger charge is 2.15. The van der Waals surface area contributed by atoms with Crippen LogP contribution in [0.15, 0.2) is 66.9 Å². The summed E-state index contributed by atoms with van der Waals surface area (Å²) in [5, 5.41) is 4.71. The molecule has 0 bridgehead atoms. The molecule has 2 aromatic carbocycles. The molecule has 1 fully saturated rings. The van der Waals surface area contributed by atoms with Gasteiger partial charge in [-0.3, -0.25) is 0 Å². The van der Waals surface area contributed by atoms with Crippen molar-refractivity contribution in [1.82, 2.24) is 15.0 Å². The first-order valence-electron chi connectivity index (χ1n) is 10.4. The number of morpholine rings is 1. The Morgan fingerprint density at radius 2 is 1.77 bits per heavy atom. The molecule has 1 aliphatic heterocycles. The van der Waals surface area contributed by atoms with Gasteiger partial charge in [0.2, 0.25) is 5.95 Å². The quantitative estimate of drug-likeness (QED) is 0.511. The Morgan fingerprint density at radius 3 is 2.63 bits per heavy atom. The molecule has 0 aliphatic carbocycles. The average Bonchev–Trinajstić information content (AvgIpc) is 3.23. The first-order chi connectivity index (χ1) is 14.9. The molecule has 2 aromatic heterocycles. The Labute approximate surface area is 175 Å². The van der Waals surface area contributed by atoms with E-state index in [2.05, 4.69) is 63.9 Å². The highest BCUT2D eigenvalue weighted by Crippen LogP contribution is 2.24. The first kappa shape index (κ1) is 18.6. The van der Waals surface area contributed by atoms with E-state index < -0.39 is 0 Å². The molecule has 0 radical (unpaired) electrons. The van der Waals surface area contributed by atoms with Gasteiger partial charge >= 0.3 is 0 Å². The predicted molar refractivity (Wildman–Crippen MR) is 121 cm³/mol. The summed E-state index contributed by atoms with van der Waals surface area (Å²) in [6.07, 6.45) is 2.99. The van der Waals surface area contributed by atoms with Crippen LogP contribution in [0, 0.1) is 0 Å². The van der Waals surface area contributed by atoms with E-state index in [9.17, 15) is 0 Å². The second kappa shape index (κ2) is 8.55. The molecule has 0 amide bonds. The van der Waals surface area contributed by atoms with E-state index in [4.69, 9.17) is 14.7 Å². The summed E-state index contributed by atoms with van der Waals surface area (Å²) >= 11 is 0. The molecule has 3 heterocycles. The van der Waals surface area contributed by atoms with Crippen LogP contribution in [0.25, 0.3) is 22.2 Å². The zero-order valence-corrected chi connectivity index (χ0v) is 16.8. The van der Waals surface area contributed by atoms with Gasteiger partial charge in [0.15, 0.2) is 0 Å². The lowest BCUT2D eigenvalue weighted by atomic mass is 10.1. The number of nitrogens with zero attached hydrogens (tertiary/aromatic N) is 3. The third-order valence-electron chi connectivity index (χ3n) is 5.47. The SMILES string of the molecule is c1ccc(-c2cc(N3CCOCC3)nc(NCCc3c[nH]c4ccccc34)n2)cc1. The molecule has 6 heteroatoms. The van der Waals surface area contributed by atoms with Crippen LogP contribution in [0.5, 0.6) is 0 Å². The highest BCUT2D eigenvalue weighted by atomic mass is 16.5. The monoisotopic (exact) mass is 399 g/mol. The van der Waals surface area contributed by atoms with E-state index in [-0.39, 0.29) is 0 Å². The van der Waals surface area contributed by atoms with Gasteiger partial charge in [-0.2, -0.15) is 4.98 Å². The van der Waals surface area contributed by atoms with E-state index in [1.54, 1.807) is 0 Å². The first-order valence-corrected chi connectivity index (χ1v) is 10.4. The highest BCUT2D eigenvalue weighted by molar-refractivity contribution is 5.83. The third kappa shape index (κ3) is 4.00. The maximum absolute atomic E-state index is 5.50. The van der Waals surface area contributed by atoms with Gasteiger partial charge < -0.3 is 19.9 Å². The Bertz CT molecular complexity index is 1120. The van der Waals surface area contributed by atoms with Crippen LogP contribution in [-0.4, -0.2) is 47.8 Å². The number of anilines is 2. The second-order valence-corrected chi connectivity index (χ2v) is 7.44. The Morgan fingerprint density at radius 1 is 0.967 bits per heavy atom. The molecule has 0 saturated carbocycles. The summed E-state index contributed by atoms with van der Waals surface area (Å²) in [6, 6.07) is 20.7. The van der Waals surface area contributed by atoms with Crippen LogP contribution >= 0.6 is 0 Å². The number of hydrogen-bond donors (Lipinski definition) is 2. The van der Waals surface area contributed by atoms with Crippen molar-refractivity contribution in [3.63, 3.8) is 0 Å². The molecule has 1 saturated heterocycles. The van der Waals surface area contributed by atoms with Crippen LogP contribution in [0.3, 0.4) is 0 Å². The minimum atomic E-state index is 0.665. The molecule has 0 atom stereocenters. The lowest BCUT2D eigenvalue weighted by Gasteiger charge is -2.28. The molecule has 1 aliphatic rings. The molecule has 0 spiro atoms. The smallest absolute Gasteiger partial charge is 0.225 e. The fourth-order valence-corrected chi connectivity index (χ4v) is 3.87. The standard InChI is InChI=1S/C24H25N5O/c1-2-6-18(7-3-1)22-16-23(29-12-14-30-15-13-29)28-24(27-22)25-11-10-19-17-26-21-9-5-4-8-20(19)21/h1-9,16-17,26H,10-15H2,(H,25,27,28). The van der Waals surface area contributed by atoms with Crippen LogP contribution in [-0.2, 0) is 11.2 Å². The van der Waals surface area contributed by atoms with E-state index in [1.807, 2.05) is 18.2 Å². The van der Waals surface area contributed by atoms with Gasteiger partial charge in [-0.15, -0.1) is 0 Å². The van der Waals surface area contributed by atoms with E-state index in [0.717, 1.165) is 56.3 Å². The maximum atomic E-state index is 5.50. The summed E-state index contributed by atoms with van der Waals surface area (Å²) in [4.78, 5) is 15.2. The predicted octanol–water partition coefficient (Wildman–Crippen LogP) is 4.12. The Kier molecular flexibility index (Phi) is 5.31. The molecule has 0 unspecified atom stereocenters. The summed E-state index contributed by atoms with van der Waals surface area (Å²) in [5.41, 5.74) is 4.49. The number of rotatable bonds is 6. The molecule has 2 N–H and O–H groups in total. The van der Waals surface area contributed by atoms with Crippen molar-refractivity contribution in [2.45, 2.75) is 6.42 Å². The Balaban J connectivity index is 1.37. The minimum absolute atomic E-state index is 0.665. The van der Waals surface area contributed by atoms with Gasteiger partial charge in [0.05, 0.1) is 18.9 Å². The number of ether oxygens (including phenoxy) is 1. The number of hydrogen-bond acceptors (Lipinski definition) is 5. The van der Waals surface area contributed by atoms with Gasteiger partial charge in [0.1, 0.15) is 5.82 Å². The molecule has 30 heavy (non-hydrogen) atoms. The van der Waals surface area contributed by atoms with Crippen molar-refractivity contribution in [2.75, 3.05) is 43.1 Å². The molecule has 5 rings (SSSR count). The van der Waals surface area contributed by atoms with Gasteiger partial charge in [-0.05, 0) is 18.1 Å². The number of benzene rings is 2. The number of aromatic nitrogens is 3. The summed E-state index contributed by atoms with van der Waals surface area (Å²) in [5.74, 6) is 1.61. The zero-order valence-electron chi connectivity index (χ0n) is 16.8. The van der Waals surface area contributed by atoms with Crippen LogP contribution < -0.4 is 10.2 Å². The fraction of sp³-hybridized carbons (Fsp3) is 0.250. The summed E-state index contributed by atoms with van der Waals surface area (Å²) < 4.78 is 5.50. The van der Waals surface area contributed by atoms with Crippen molar-refractivity contribution in [1.29, 1.82) is 0 Å². The number of aromatic amines is 1. The number of fused-ring (bicyclic) bond motifs is 1. The van der Waals surface area contributed by atoms with Crippen molar-refractivity contribution >= 4 is 22.7 Å². The van der Waals surface area contributed by atoms with Gasteiger partial charge in [0, 0.05) is 48.4 Å². The summed E-state index contributed by atoms with van der Waals surface area (Å²) in [7, 11) is 0. The lowest BCUT2D eigenvalue weighted by Crippen LogP contribution is -2.37. The fourth-order valence-electron chi connectivity index (χ4n) is 3.87. The Hall–Kier alpha value is -3.38. The number of para-hydroxylation sites is 1. The van der Waals surface area contributed by atoms with E-state index in [1.165, 1.54) is 16.5 Å². The second-order valence-electron chi connectivity index (χ2n) is 7.44. The van der Waals surface area contributed by atoms with Crippen LogP contribution in [0.2, 0.25) is 0 Å². The van der Waals surface area contributed by atoms with E-state index in [0.29, 0.717) is 5.95 Å². The summed E-state index contributed by atoms with van der Waals surface area (Å²) in [6.45, 7) is 3.92. The number of H-pyrrole nitrogens is 1. The van der Waals surface area contributed by atoms with Crippen molar-refractivity contribution in [3.8, 4) is 11.3 Å². The lowest BCUT2D eigenvalue weighted by molar-refractivity contribution is 0.122.